The second-order valence-corrected chi connectivity index (χ2v) is 9.59. The fraction of sp³-hybridized carbons (Fsp3) is 0.280. The van der Waals surface area contributed by atoms with Crippen LogP contribution in [0.1, 0.15) is 34.4 Å². The summed E-state index contributed by atoms with van der Waals surface area (Å²) in [5.41, 5.74) is 2.75. The largest absolute Gasteiger partial charge is 0.506 e. The number of rotatable bonds is 8. The predicted molar refractivity (Wildman–Crippen MR) is 137 cm³/mol. The number of phenolic OH excluding ortho intramolecular Hbond substituents is 1. The first-order chi connectivity index (χ1) is 16.4. The number of carbonyl (C=O) groups is 1. The first kappa shape index (κ1) is 24.2. The fourth-order valence-corrected chi connectivity index (χ4v) is 5.60. The van der Waals surface area contributed by atoms with E-state index in [1.807, 2.05) is 59.6 Å². The molecule has 0 saturated heterocycles. The van der Waals surface area contributed by atoms with Crippen molar-refractivity contribution in [2.45, 2.75) is 31.0 Å². The lowest BCUT2D eigenvalue weighted by atomic mass is 10.0. The highest BCUT2D eigenvalue weighted by atomic mass is 79.9. The van der Waals surface area contributed by atoms with Crippen molar-refractivity contribution >= 4 is 44.6 Å². The molecule has 2 aromatic carbocycles. The van der Waals surface area contributed by atoms with Crippen LogP contribution in [0.3, 0.4) is 0 Å². The molecule has 4 rings (SSSR count). The normalized spacial score (nSPS) is 11.2. The Morgan fingerprint density at radius 3 is 2.74 bits per heavy atom. The zero-order valence-corrected chi connectivity index (χ0v) is 21.9. The number of thioether (sulfide) groups is 1. The Morgan fingerprint density at radius 2 is 2.06 bits per heavy atom. The number of para-hydroxylation sites is 1. The molecule has 2 aromatic heterocycles. The Balaban J connectivity index is 1.91. The number of benzene rings is 2. The number of nitrogens with zero attached hydrogens (tertiary/aromatic N) is 3. The second kappa shape index (κ2) is 10.1. The van der Waals surface area contributed by atoms with Crippen molar-refractivity contribution in [3.8, 4) is 11.5 Å². The number of phenols is 1. The molecule has 0 aliphatic carbocycles. The molecule has 0 spiro atoms. The summed E-state index contributed by atoms with van der Waals surface area (Å²) < 4.78 is 15.5. The maximum atomic E-state index is 13.3. The number of halogens is 1. The summed E-state index contributed by atoms with van der Waals surface area (Å²) >= 11 is 5.08. The van der Waals surface area contributed by atoms with Gasteiger partial charge < -0.3 is 23.7 Å². The molecule has 0 radical (unpaired) electrons. The summed E-state index contributed by atoms with van der Waals surface area (Å²) in [7, 11) is 3.57. The molecule has 7 nitrogen and oxygen atoms in total. The van der Waals surface area contributed by atoms with Crippen LogP contribution in [0.5, 0.6) is 11.5 Å². The molecule has 9 heteroatoms. The lowest BCUT2D eigenvalue weighted by Gasteiger charge is -2.13. The smallest absolute Gasteiger partial charge is 0.340 e. The first-order valence-corrected chi connectivity index (χ1v) is 12.6. The van der Waals surface area contributed by atoms with Gasteiger partial charge in [0, 0.05) is 46.7 Å². The van der Waals surface area contributed by atoms with E-state index in [-0.39, 0.29) is 12.4 Å². The fourth-order valence-electron chi connectivity index (χ4n) is 4.05. The molecule has 34 heavy (non-hydrogen) atoms. The van der Waals surface area contributed by atoms with Crippen molar-refractivity contribution in [1.82, 2.24) is 14.1 Å². The zero-order chi connectivity index (χ0) is 24.4. The summed E-state index contributed by atoms with van der Waals surface area (Å²) in [6.07, 6.45) is 3.57. The number of aromatic nitrogens is 3. The van der Waals surface area contributed by atoms with Crippen LogP contribution in [0.25, 0.3) is 10.9 Å². The van der Waals surface area contributed by atoms with Crippen molar-refractivity contribution in [3.05, 3.63) is 69.8 Å². The summed E-state index contributed by atoms with van der Waals surface area (Å²) in [5, 5.41) is 11.7. The summed E-state index contributed by atoms with van der Waals surface area (Å²) in [6, 6.07) is 9.63. The third-order valence-corrected chi connectivity index (χ3v) is 7.47. The third-order valence-electron chi connectivity index (χ3n) is 5.80. The number of aromatic hydroxyl groups is 1. The topological polar surface area (TPSA) is 78.5 Å². The molecule has 1 N–H and O–H groups in total. The molecule has 0 saturated carbocycles. The van der Waals surface area contributed by atoms with Gasteiger partial charge in [0.25, 0.3) is 0 Å². The van der Waals surface area contributed by atoms with Gasteiger partial charge in [-0.3, -0.25) is 0 Å². The maximum Gasteiger partial charge on any atom is 0.340 e. The van der Waals surface area contributed by atoms with Crippen LogP contribution in [0, 0.1) is 6.92 Å². The number of ether oxygens (including phenoxy) is 2. The van der Waals surface area contributed by atoms with E-state index < -0.39 is 5.97 Å². The molecular weight excluding hydrogens is 518 g/mol. The van der Waals surface area contributed by atoms with Crippen LogP contribution in [-0.4, -0.2) is 38.9 Å². The number of carbonyl (C=O) groups excluding carboxylic acids is 1. The van der Waals surface area contributed by atoms with Crippen molar-refractivity contribution < 1.29 is 19.4 Å². The van der Waals surface area contributed by atoms with E-state index in [1.54, 1.807) is 32.0 Å². The predicted octanol–water partition coefficient (Wildman–Crippen LogP) is 5.68. The maximum absolute atomic E-state index is 13.3. The molecule has 0 aliphatic rings. The number of aryl methyl sites for hydroxylation is 2. The lowest BCUT2D eigenvalue weighted by molar-refractivity contribution is 0.0527. The molecule has 2 heterocycles. The number of fused-ring (bicyclic) bond motifs is 1. The van der Waals surface area contributed by atoms with E-state index in [2.05, 4.69) is 20.9 Å². The molecular formula is C25H26BrN3O4S. The van der Waals surface area contributed by atoms with Crippen molar-refractivity contribution in [2.24, 2.45) is 7.05 Å². The highest BCUT2D eigenvalue weighted by molar-refractivity contribution is 9.10. The van der Waals surface area contributed by atoms with Crippen LogP contribution in [0.2, 0.25) is 0 Å². The van der Waals surface area contributed by atoms with Gasteiger partial charge in [0.15, 0.2) is 0 Å². The standard InChI is InChI=1S/C25H26BrN3O4S/c1-5-33-25(31)23-19(14-34-21-9-7-6-8-20(21)32-4)28(3)18-12-17(26)24(30)16(22(18)23)13-29-11-10-27-15(29)2/h6-12,30H,5,13-14H2,1-4H3. The number of hydrogen-bond donors (Lipinski definition) is 1. The Kier molecular flexibility index (Phi) is 7.23. The first-order valence-electron chi connectivity index (χ1n) is 10.8. The van der Waals surface area contributed by atoms with Crippen LogP contribution in [0.15, 0.2) is 52.1 Å². The third kappa shape index (κ3) is 4.42. The van der Waals surface area contributed by atoms with Gasteiger partial charge in [-0.25, -0.2) is 9.78 Å². The zero-order valence-electron chi connectivity index (χ0n) is 19.5. The van der Waals surface area contributed by atoms with E-state index in [9.17, 15) is 9.90 Å². The molecule has 4 aromatic rings. The van der Waals surface area contributed by atoms with Crippen LogP contribution < -0.4 is 4.74 Å². The van der Waals surface area contributed by atoms with Crippen LogP contribution in [-0.2, 0) is 24.1 Å². The molecule has 178 valence electrons. The molecule has 0 fully saturated rings. The van der Waals surface area contributed by atoms with Gasteiger partial charge in [0.1, 0.15) is 17.3 Å². The SMILES string of the molecule is CCOC(=O)c1c(CSc2ccccc2OC)n(C)c2cc(Br)c(O)c(Cn3ccnc3C)c12. The van der Waals surface area contributed by atoms with Gasteiger partial charge in [0.05, 0.1) is 35.8 Å². The van der Waals surface area contributed by atoms with Gasteiger partial charge >= 0.3 is 5.97 Å². The highest BCUT2D eigenvalue weighted by Gasteiger charge is 2.27. The summed E-state index contributed by atoms with van der Waals surface area (Å²) in [5.74, 6) is 1.80. The molecule has 0 bridgehead atoms. The summed E-state index contributed by atoms with van der Waals surface area (Å²) in [4.78, 5) is 18.5. The van der Waals surface area contributed by atoms with Crippen LogP contribution in [0.4, 0.5) is 0 Å². The number of imidazole rings is 1. The Morgan fingerprint density at radius 1 is 1.29 bits per heavy atom. The number of esters is 1. The van der Waals surface area contributed by atoms with Crippen molar-refractivity contribution in [2.75, 3.05) is 13.7 Å². The second-order valence-electron chi connectivity index (χ2n) is 7.72. The minimum atomic E-state index is -0.408. The molecule has 0 aliphatic heterocycles. The Labute approximate surface area is 210 Å². The van der Waals surface area contributed by atoms with Gasteiger partial charge in [-0.05, 0) is 48.0 Å². The van der Waals surface area contributed by atoms with Crippen molar-refractivity contribution in [1.29, 1.82) is 0 Å². The Bertz CT molecular complexity index is 1360. The molecule has 0 atom stereocenters. The minimum Gasteiger partial charge on any atom is -0.506 e. The van der Waals surface area contributed by atoms with E-state index in [1.165, 1.54) is 0 Å². The van der Waals surface area contributed by atoms with E-state index in [0.29, 0.717) is 33.3 Å². The highest BCUT2D eigenvalue weighted by Crippen LogP contribution is 2.41. The monoisotopic (exact) mass is 543 g/mol. The van der Waals surface area contributed by atoms with Crippen molar-refractivity contribution in [3.63, 3.8) is 0 Å². The quantitative estimate of drug-likeness (QED) is 0.227. The molecule has 0 unspecified atom stereocenters. The number of hydrogen-bond acceptors (Lipinski definition) is 6. The Hall–Kier alpha value is -2.91. The van der Waals surface area contributed by atoms with E-state index >= 15 is 0 Å². The van der Waals surface area contributed by atoms with Gasteiger partial charge in [-0.15, -0.1) is 11.8 Å². The molecule has 0 amide bonds. The van der Waals surface area contributed by atoms with Gasteiger partial charge in [0.2, 0.25) is 0 Å². The van der Waals surface area contributed by atoms with Gasteiger partial charge in [-0.1, -0.05) is 12.1 Å². The number of methoxy groups -OCH3 is 1. The minimum absolute atomic E-state index is 0.0979. The van der Waals surface area contributed by atoms with Crippen LogP contribution >= 0.6 is 27.7 Å². The lowest BCUT2D eigenvalue weighted by Crippen LogP contribution is -2.09. The van der Waals surface area contributed by atoms with Gasteiger partial charge in [-0.2, -0.15) is 0 Å². The average Bonchev–Trinajstić information content (AvgIpc) is 3.35. The summed E-state index contributed by atoms with van der Waals surface area (Å²) in [6.45, 7) is 4.31. The van der Waals surface area contributed by atoms with E-state index in [4.69, 9.17) is 9.47 Å². The van der Waals surface area contributed by atoms with E-state index in [0.717, 1.165) is 27.7 Å². The average molecular weight is 544 g/mol.